The molecular weight excluding hydrogens is 236 g/mol. The van der Waals surface area contributed by atoms with Gasteiger partial charge in [0.2, 0.25) is 5.82 Å². The van der Waals surface area contributed by atoms with Gasteiger partial charge in [-0.3, -0.25) is 4.79 Å². The van der Waals surface area contributed by atoms with Gasteiger partial charge in [0.15, 0.2) is 13.2 Å². The number of tetrazole rings is 1. The Hall–Kier alpha value is -2.44. The van der Waals surface area contributed by atoms with Crippen LogP contribution in [-0.2, 0) is 17.9 Å². The minimum atomic E-state index is -1.02. The van der Waals surface area contributed by atoms with Crippen molar-refractivity contribution in [2.45, 2.75) is 20.1 Å². The minimum Gasteiger partial charge on any atom is -0.485 e. The Morgan fingerprint density at radius 3 is 3.06 bits per heavy atom. The molecule has 0 radical (unpaired) electrons. The van der Waals surface area contributed by atoms with Gasteiger partial charge in [-0.1, -0.05) is 12.1 Å². The number of nitrogens with zero attached hydrogens (tertiary/aromatic N) is 4. The Morgan fingerprint density at radius 1 is 1.50 bits per heavy atom. The van der Waals surface area contributed by atoms with E-state index in [0.29, 0.717) is 11.6 Å². The van der Waals surface area contributed by atoms with Crippen LogP contribution >= 0.6 is 0 Å². The average Bonchev–Trinajstić information content (AvgIpc) is 2.73. The summed E-state index contributed by atoms with van der Waals surface area (Å²) in [6.07, 6.45) is 0. The molecule has 0 aliphatic carbocycles. The van der Waals surface area contributed by atoms with Gasteiger partial charge in [0, 0.05) is 0 Å². The number of ether oxygens (including phenoxy) is 1. The van der Waals surface area contributed by atoms with Crippen molar-refractivity contribution in [2.24, 2.45) is 0 Å². The van der Waals surface area contributed by atoms with Crippen molar-refractivity contribution < 1.29 is 14.6 Å². The van der Waals surface area contributed by atoms with E-state index in [9.17, 15) is 4.79 Å². The largest absolute Gasteiger partial charge is 0.485 e. The second-order valence-corrected chi connectivity index (χ2v) is 3.73. The van der Waals surface area contributed by atoms with E-state index >= 15 is 0 Å². The number of hydrogen-bond acceptors (Lipinski definition) is 5. The summed E-state index contributed by atoms with van der Waals surface area (Å²) in [4.78, 5) is 11.4. The lowest BCUT2D eigenvalue weighted by atomic mass is 10.2. The van der Waals surface area contributed by atoms with Crippen LogP contribution in [-0.4, -0.2) is 31.3 Å². The Kier molecular flexibility index (Phi) is 3.52. The molecule has 0 saturated carbocycles. The third-order valence-corrected chi connectivity index (χ3v) is 2.13. The number of aromatic nitrogens is 4. The van der Waals surface area contributed by atoms with Crippen LogP contribution in [0.1, 0.15) is 11.4 Å². The molecule has 94 valence electrons. The molecule has 0 unspecified atom stereocenters. The van der Waals surface area contributed by atoms with Gasteiger partial charge >= 0.3 is 5.97 Å². The van der Waals surface area contributed by atoms with E-state index in [1.165, 1.54) is 0 Å². The molecule has 1 N–H and O–H groups in total. The van der Waals surface area contributed by atoms with E-state index < -0.39 is 5.97 Å². The van der Waals surface area contributed by atoms with Crippen molar-refractivity contribution in [2.75, 3.05) is 0 Å². The quantitative estimate of drug-likeness (QED) is 0.835. The number of carboxylic acids is 1. The van der Waals surface area contributed by atoms with Gasteiger partial charge in [0.05, 0.1) is 0 Å². The zero-order valence-corrected chi connectivity index (χ0v) is 9.78. The van der Waals surface area contributed by atoms with Crippen LogP contribution < -0.4 is 4.74 Å². The zero-order chi connectivity index (χ0) is 13.0. The summed E-state index contributed by atoms with van der Waals surface area (Å²) in [5.74, 6) is 0.0425. The highest BCUT2D eigenvalue weighted by atomic mass is 16.5. The monoisotopic (exact) mass is 248 g/mol. The second-order valence-electron chi connectivity index (χ2n) is 3.73. The van der Waals surface area contributed by atoms with Crippen LogP contribution in [0.3, 0.4) is 0 Å². The predicted octanol–water partition coefficient (Wildman–Crippen LogP) is 0.645. The molecule has 0 saturated heterocycles. The maximum Gasteiger partial charge on any atom is 0.327 e. The Labute approximate surface area is 103 Å². The van der Waals surface area contributed by atoms with E-state index in [2.05, 4.69) is 15.4 Å². The first kappa shape index (κ1) is 12.0. The fourth-order valence-electron chi connectivity index (χ4n) is 1.38. The highest BCUT2D eigenvalue weighted by molar-refractivity contribution is 5.66. The van der Waals surface area contributed by atoms with Crippen molar-refractivity contribution in [3.8, 4) is 5.75 Å². The predicted molar refractivity (Wildman–Crippen MR) is 61.0 cm³/mol. The number of hydrogen-bond donors (Lipinski definition) is 1. The van der Waals surface area contributed by atoms with Gasteiger partial charge in [0.1, 0.15) is 5.75 Å². The summed E-state index contributed by atoms with van der Waals surface area (Å²) < 4.78 is 5.47. The molecule has 7 nitrogen and oxygen atoms in total. The van der Waals surface area contributed by atoms with E-state index in [-0.39, 0.29) is 13.2 Å². The van der Waals surface area contributed by atoms with Gasteiger partial charge in [-0.05, 0) is 29.8 Å². The van der Waals surface area contributed by atoms with Gasteiger partial charge in [-0.15, -0.1) is 10.2 Å². The summed E-state index contributed by atoms with van der Waals surface area (Å²) in [7, 11) is 0. The topological polar surface area (TPSA) is 90.1 Å². The van der Waals surface area contributed by atoms with Crippen molar-refractivity contribution >= 4 is 5.97 Å². The van der Waals surface area contributed by atoms with Crippen LogP contribution in [0.2, 0.25) is 0 Å². The first-order valence-electron chi connectivity index (χ1n) is 5.31. The molecule has 2 aromatic rings. The Bertz CT molecular complexity index is 553. The Morgan fingerprint density at radius 2 is 2.33 bits per heavy atom. The smallest absolute Gasteiger partial charge is 0.327 e. The van der Waals surface area contributed by atoms with E-state index in [1.807, 2.05) is 31.2 Å². The molecule has 0 aliphatic heterocycles. The van der Waals surface area contributed by atoms with Crippen molar-refractivity contribution in [3.63, 3.8) is 0 Å². The van der Waals surface area contributed by atoms with Gasteiger partial charge < -0.3 is 9.84 Å². The van der Waals surface area contributed by atoms with Gasteiger partial charge in [0.25, 0.3) is 0 Å². The Balaban J connectivity index is 1.94. The molecule has 2 rings (SSSR count). The molecule has 0 fully saturated rings. The molecule has 0 bridgehead atoms. The van der Waals surface area contributed by atoms with Crippen molar-refractivity contribution in [3.05, 3.63) is 35.7 Å². The number of rotatable bonds is 5. The summed E-state index contributed by atoms with van der Waals surface area (Å²) in [6, 6.07) is 7.57. The number of carboxylic acid groups (broad SMARTS) is 1. The third kappa shape index (κ3) is 3.27. The highest BCUT2D eigenvalue weighted by Crippen LogP contribution is 2.13. The van der Waals surface area contributed by atoms with Crippen LogP contribution in [0.15, 0.2) is 24.3 Å². The summed E-state index contributed by atoms with van der Waals surface area (Å²) >= 11 is 0. The zero-order valence-electron chi connectivity index (χ0n) is 9.78. The number of aryl methyl sites for hydroxylation is 1. The highest BCUT2D eigenvalue weighted by Gasteiger charge is 2.06. The molecule has 0 amide bonds. The maximum absolute atomic E-state index is 10.4. The van der Waals surface area contributed by atoms with Crippen molar-refractivity contribution in [1.82, 2.24) is 20.2 Å². The molecule has 7 heteroatoms. The fourth-order valence-corrected chi connectivity index (χ4v) is 1.38. The fraction of sp³-hybridized carbons (Fsp3) is 0.273. The molecule has 0 aliphatic rings. The molecule has 1 heterocycles. The van der Waals surface area contributed by atoms with E-state index in [4.69, 9.17) is 9.84 Å². The minimum absolute atomic E-state index is 0.156. The van der Waals surface area contributed by atoms with E-state index in [0.717, 1.165) is 10.4 Å². The van der Waals surface area contributed by atoms with Gasteiger partial charge in [-0.25, -0.2) is 0 Å². The molecule has 1 aromatic heterocycles. The summed E-state index contributed by atoms with van der Waals surface area (Å²) in [6.45, 7) is 1.81. The van der Waals surface area contributed by atoms with Crippen LogP contribution in [0.25, 0.3) is 0 Å². The average molecular weight is 248 g/mol. The molecule has 0 spiro atoms. The molecule has 0 atom stereocenters. The lowest BCUT2D eigenvalue weighted by molar-refractivity contribution is -0.138. The van der Waals surface area contributed by atoms with Crippen LogP contribution in [0.5, 0.6) is 5.75 Å². The first-order chi connectivity index (χ1) is 8.63. The number of carbonyl (C=O) groups is 1. The van der Waals surface area contributed by atoms with Crippen LogP contribution in [0, 0.1) is 6.92 Å². The van der Waals surface area contributed by atoms with Gasteiger partial charge in [-0.2, -0.15) is 4.80 Å². The SMILES string of the molecule is Cc1cccc(OCc2nnn(CC(=O)O)n2)c1. The number of aliphatic carboxylic acids is 1. The molecular formula is C11H12N4O3. The second kappa shape index (κ2) is 5.26. The standard InChI is InChI=1S/C11H12N4O3/c1-8-3-2-4-9(5-8)18-7-10-12-14-15(13-10)6-11(16)17/h2-5H,6-7H2,1H3,(H,16,17). The van der Waals surface area contributed by atoms with Crippen LogP contribution in [0.4, 0.5) is 0 Å². The lowest BCUT2D eigenvalue weighted by Gasteiger charge is -2.03. The third-order valence-electron chi connectivity index (χ3n) is 2.13. The van der Waals surface area contributed by atoms with E-state index in [1.54, 1.807) is 0 Å². The van der Waals surface area contributed by atoms with Crippen molar-refractivity contribution in [1.29, 1.82) is 0 Å². The molecule has 1 aromatic carbocycles. The first-order valence-corrected chi connectivity index (χ1v) is 5.31. The maximum atomic E-state index is 10.4. The lowest BCUT2D eigenvalue weighted by Crippen LogP contribution is -2.12. The normalized spacial score (nSPS) is 10.3. The number of benzene rings is 1. The summed E-state index contributed by atoms with van der Waals surface area (Å²) in [5.41, 5.74) is 1.09. The summed E-state index contributed by atoms with van der Waals surface area (Å²) in [5, 5.41) is 19.7. The molecule has 18 heavy (non-hydrogen) atoms.